The third-order valence-corrected chi connectivity index (χ3v) is 5.82. The number of pyridine rings is 1. The number of thioether (sulfide) groups is 1. The number of nitrogens with two attached hydrogens (primary N) is 1. The molecule has 0 radical (unpaired) electrons. The van der Waals surface area contributed by atoms with Crippen molar-refractivity contribution in [2.24, 2.45) is 0 Å². The van der Waals surface area contributed by atoms with Gasteiger partial charge in [0, 0.05) is 17.5 Å². The maximum absolute atomic E-state index is 12.4. The first kappa shape index (κ1) is 19.9. The average molecular weight is 450 g/mol. The van der Waals surface area contributed by atoms with Crippen LogP contribution in [0, 0.1) is 0 Å². The number of aryl methyl sites for hydroxylation is 1. The maximum Gasteiger partial charge on any atom is 0.350 e. The summed E-state index contributed by atoms with van der Waals surface area (Å²) in [6.45, 7) is 0.416. The zero-order valence-electron chi connectivity index (χ0n) is 17.0. The Morgan fingerprint density at radius 2 is 2.00 bits per heavy atom. The molecule has 0 aliphatic carbocycles. The number of hydrogen-bond donors (Lipinski definition) is 2. The molecule has 0 bridgehead atoms. The van der Waals surface area contributed by atoms with Crippen LogP contribution in [0.2, 0.25) is 0 Å². The van der Waals surface area contributed by atoms with Gasteiger partial charge in [-0.15, -0.1) is 15.3 Å². The van der Waals surface area contributed by atoms with Gasteiger partial charge < -0.3 is 10.6 Å². The molecule has 5 rings (SSSR count). The SMILES string of the molecule is COc1ccc(-c2cc(-c3nnc(SCCn4nc5ccccn5c4=O)n3N)[nH]n2)cc1. The van der Waals surface area contributed by atoms with Gasteiger partial charge in [0.2, 0.25) is 11.0 Å². The molecule has 0 spiro atoms. The number of aromatic amines is 1. The summed E-state index contributed by atoms with van der Waals surface area (Å²) in [4.78, 5) is 12.4. The van der Waals surface area contributed by atoms with Gasteiger partial charge in [-0.1, -0.05) is 17.8 Å². The summed E-state index contributed by atoms with van der Waals surface area (Å²) in [6.07, 6.45) is 1.70. The number of nitrogens with zero attached hydrogens (tertiary/aromatic N) is 7. The standard InChI is InChI=1S/C20H19N9O2S/c1-31-14-7-5-13(6-8-14)15-12-16(23-22-15)18-24-25-19(29(18)21)32-11-10-28-20(30)27-9-3-2-4-17(27)26-28/h2-9,12H,10-11,21H2,1H3,(H,22,23). The molecular weight excluding hydrogens is 430 g/mol. The number of nitrogen functional groups attached to an aromatic ring is 1. The lowest BCUT2D eigenvalue weighted by Crippen LogP contribution is -2.22. The molecule has 0 saturated heterocycles. The molecule has 1 aromatic carbocycles. The number of nitrogens with one attached hydrogen (secondary N) is 1. The van der Waals surface area contributed by atoms with Gasteiger partial charge >= 0.3 is 5.69 Å². The largest absolute Gasteiger partial charge is 0.497 e. The molecule has 12 heteroatoms. The highest BCUT2D eigenvalue weighted by Crippen LogP contribution is 2.25. The molecule has 162 valence electrons. The Morgan fingerprint density at radius 3 is 2.78 bits per heavy atom. The minimum atomic E-state index is -0.181. The first-order valence-electron chi connectivity index (χ1n) is 9.72. The number of fused-ring (bicyclic) bond motifs is 1. The van der Waals surface area contributed by atoms with Gasteiger partial charge in [-0.05, 0) is 42.5 Å². The third kappa shape index (κ3) is 3.60. The Balaban J connectivity index is 1.28. The van der Waals surface area contributed by atoms with Crippen LogP contribution in [0.5, 0.6) is 5.75 Å². The van der Waals surface area contributed by atoms with Crippen molar-refractivity contribution in [2.45, 2.75) is 11.7 Å². The van der Waals surface area contributed by atoms with Crippen LogP contribution >= 0.6 is 11.8 Å². The lowest BCUT2D eigenvalue weighted by Gasteiger charge is -2.02. The highest BCUT2D eigenvalue weighted by molar-refractivity contribution is 7.99. The molecule has 5 aromatic rings. The van der Waals surface area contributed by atoms with E-state index in [4.69, 9.17) is 10.6 Å². The van der Waals surface area contributed by atoms with E-state index in [0.717, 1.165) is 17.0 Å². The Kier molecular flexibility index (Phi) is 5.11. The quantitative estimate of drug-likeness (QED) is 0.283. The van der Waals surface area contributed by atoms with Gasteiger partial charge in [0.05, 0.1) is 19.3 Å². The zero-order valence-corrected chi connectivity index (χ0v) is 17.9. The van der Waals surface area contributed by atoms with Crippen LogP contribution in [0.25, 0.3) is 28.4 Å². The van der Waals surface area contributed by atoms with Gasteiger partial charge in [-0.3, -0.25) is 9.50 Å². The summed E-state index contributed by atoms with van der Waals surface area (Å²) < 4.78 is 9.53. The van der Waals surface area contributed by atoms with Crippen molar-refractivity contribution >= 4 is 17.4 Å². The average Bonchev–Trinajstić information content (AvgIpc) is 3.53. The van der Waals surface area contributed by atoms with Crippen molar-refractivity contribution in [2.75, 3.05) is 18.7 Å². The molecule has 0 saturated carbocycles. The van der Waals surface area contributed by atoms with Crippen LogP contribution in [0.15, 0.2) is 64.7 Å². The van der Waals surface area contributed by atoms with Gasteiger partial charge in [-0.25, -0.2) is 14.2 Å². The van der Waals surface area contributed by atoms with Gasteiger partial charge in [-0.2, -0.15) is 5.10 Å². The lowest BCUT2D eigenvalue weighted by molar-refractivity contribution is 0.415. The highest BCUT2D eigenvalue weighted by atomic mass is 32.2. The van der Waals surface area contributed by atoms with E-state index in [1.165, 1.54) is 25.5 Å². The number of benzene rings is 1. The van der Waals surface area contributed by atoms with Crippen molar-refractivity contribution < 1.29 is 4.74 Å². The van der Waals surface area contributed by atoms with Crippen molar-refractivity contribution in [3.05, 3.63) is 65.2 Å². The van der Waals surface area contributed by atoms with E-state index < -0.39 is 0 Å². The predicted molar refractivity (Wildman–Crippen MR) is 120 cm³/mol. The van der Waals surface area contributed by atoms with Gasteiger partial charge in [0.25, 0.3) is 0 Å². The maximum atomic E-state index is 12.4. The Morgan fingerprint density at radius 1 is 1.16 bits per heavy atom. The van der Waals surface area contributed by atoms with Crippen molar-refractivity contribution in [1.82, 2.24) is 39.3 Å². The highest BCUT2D eigenvalue weighted by Gasteiger charge is 2.16. The van der Waals surface area contributed by atoms with Crippen molar-refractivity contribution in [3.8, 4) is 28.5 Å². The van der Waals surface area contributed by atoms with Crippen molar-refractivity contribution in [1.29, 1.82) is 0 Å². The number of H-pyrrole nitrogens is 1. The molecule has 0 aliphatic heterocycles. The summed E-state index contributed by atoms with van der Waals surface area (Å²) in [5.74, 6) is 8.00. The van der Waals surface area contributed by atoms with Crippen LogP contribution < -0.4 is 16.3 Å². The number of methoxy groups -OCH3 is 1. The fourth-order valence-corrected chi connectivity index (χ4v) is 4.01. The minimum Gasteiger partial charge on any atom is -0.497 e. The monoisotopic (exact) mass is 449 g/mol. The summed E-state index contributed by atoms with van der Waals surface area (Å²) in [5.41, 5.74) is 2.77. The minimum absolute atomic E-state index is 0.181. The Bertz CT molecular complexity index is 1430. The van der Waals surface area contributed by atoms with Crippen molar-refractivity contribution in [3.63, 3.8) is 0 Å². The van der Waals surface area contributed by atoms with Crippen LogP contribution in [0.1, 0.15) is 0 Å². The van der Waals surface area contributed by atoms with E-state index in [1.807, 2.05) is 36.4 Å². The Labute approximate surface area is 185 Å². The van der Waals surface area contributed by atoms with Gasteiger partial charge in [0.1, 0.15) is 11.4 Å². The molecule has 3 N–H and O–H groups in total. The predicted octanol–water partition coefficient (Wildman–Crippen LogP) is 1.66. The van der Waals surface area contributed by atoms with E-state index in [2.05, 4.69) is 25.5 Å². The number of ether oxygens (including phenoxy) is 1. The first-order chi connectivity index (χ1) is 15.6. The summed E-state index contributed by atoms with van der Waals surface area (Å²) in [7, 11) is 1.63. The molecule has 4 aromatic heterocycles. The molecule has 0 unspecified atom stereocenters. The molecule has 32 heavy (non-hydrogen) atoms. The fourth-order valence-electron chi connectivity index (χ4n) is 3.24. The molecule has 0 fully saturated rings. The van der Waals surface area contributed by atoms with Gasteiger partial charge in [0.15, 0.2) is 5.65 Å². The number of hydrogen-bond acceptors (Lipinski definition) is 8. The second kappa shape index (κ2) is 8.23. The second-order valence-corrected chi connectivity index (χ2v) is 7.92. The van der Waals surface area contributed by atoms with E-state index in [9.17, 15) is 4.79 Å². The number of aromatic nitrogens is 8. The van der Waals surface area contributed by atoms with Crippen LogP contribution in [0.4, 0.5) is 0 Å². The van der Waals surface area contributed by atoms with Crippen LogP contribution in [-0.2, 0) is 6.54 Å². The zero-order chi connectivity index (χ0) is 22.1. The van der Waals surface area contributed by atoms with Crippen LogP contribution in [-0.4, -0.2) is 52.1 Å². The Hall–Kier alpha value is -4.06. The topological polar surface area (TPSA) is 134 Å². The molecule has 0 atom stereocenters. The number of rotatable bonds is 7. The second-order valence-electron chi connectivity index (χ2n) is 6.85. The lowest BCUT2D eigenvalue weighted by atomic mass is 10.1. The first-order valence-corrected chi connectivity index (χ1v) is 10.7. The summed E-state index contributed by atoms with van der Waals surface area (Å²) in [6, 6.07) is 14.9. The van der Waals surface area contributed by atoms with E-state index in [-0.39, 0.29) is 5.69 Å². The molecule has 11 nitrogen and oxygen atoms in total. The summed E-state index contributed by atoms with van der Waals surface area (Å²) in [5, 5.41) is 20.5. The summed E-state index contributed by atoms with van der Waals surface area (Å²) >= 11 is 1.39. The molecule has 0 aliphatic rings. The normalized spacial score (nSPS) is 11.3. The van der Waals surface area contributed by atoms with Crippen LogP contribution in [0.3, 0.4) is 0 Å². The van der Waals surface area contributed by atoms with E-state index in [1.54, 1.807) is 25.4 Å². The van der Waals surface area contributed by atoms with E-state index >= 15 is 0 Å². The third-order valence-electron chi connectivity index (χ3n) is 4.89. The molecular formula is C20H19N9O2S. The van der Waals surface area contributed by atoms with E-state index in [0.29, 0.717) is 34.6 Å². The smallest absolute Gasteiger partial charge is 0.350 e. The molecule has 0 amide bonds. The fraction of sp³-hybridized carbons (Fsp3) is 0.150. The molecule has 4 heterocycles.